The smallest absolute Gasteiger partial charge is 0.224 e. The molecule has 0 atom stereocenters. The summed E-state index contributed by atoms with van der Waals surface area (Å²) in [5.41, 5.74) is 2.70. The third-order valence-corrected chi connectivity index (χ3v) is 4.24. The van der Waals surface area contributed by atoms with Gasteiger partial charge in [-0.05, 0) is 36.2 Å². The van der Waals surface area contributed by atoms with Gasteiger partial charge < -0.3 is 5.32 Å². The van der Waals surface area contributed by atoms with Gasteiger partial charge >= 0.3 is 0 Å². The maximum atomic E-state index is 12.2. The minimum absolute atomic E-state index is 0.00662. The van der Waals surface area contributed by atoms with Crippen molar-refractivity contribution in [3.63, 3.8) is 0 Å². The van der Waals surface area contributed by atoms with E-state index >= 15 is 0 Å². The number of anilines is 1. The fourth-order valence-corrected chi connectivity index (χ4v) is 2.89. The highest BCUT2D eigenvalue weighted by atomic mass is 16.1. The number of nitrogens with zero attached hydrogens (tertiary/aromatic N) is 6. The van der Waals surface area contributed by atoms with Crippen molar-refractivity contribution in [2.75, 3.05) is 5.32 Å². The monoisotopic (exact) mass is 361 g/mol. The summed E-state index contributed by atoms with van der Waals surface area (Å²) in [6.07, 6.45) is 6.97. The second kappa shape index (κ2) is 7.77. The summed E-state index contributed by atoms with van der Waals surface area (Å²) in [5.74, 6) is 0.865. The van der Waals surface area contributed by atoms with Gasteiger partial charge in [-0.2, -0.15) is 5.10 Å². The van der Waals surface area contributed by atoms with Crippen LogP contribution in [0.3, 0.4) is 0 Å². The molecular formula is C19H19N7O. The first kappa shape index (κ1) is 16.9. The average molecular weight is 361 g/mol. The van der Waals surface area contributed by atoms with Crippen LogP contribution in [0.25, 0.3) is 5.65 Å². The number of benzene rings is 1. The maximum Gasteiger partial charge on any atom is 0.224 e. The van der Waals surface area contributed by atoms with E-state index in [-0.39, 0.29) is 5.91 Å². The van der Waals surface area contributed by atoms with Crippen molar-refractivity contribution >= 4 is 17.2 Å². The van der Waals surface area contributed by atoms with Gasteiger partial charge in [-0.3, -0.25) is 9.20 Å². The Bertz CT molecular complexity index is 1020. The highest BCUT2D eigenvalue weighted by Gasteiger charge is 2.07. The largest absolute Gasteiger partial charge is 0.326 e. The van der Waals surface area contributed by atoms with Crippen molar-refractivity contribution in [3.8, 4) is 0 Å². The number of hydrogen-bond donors (Lipinski definition) is 1. The van der Waals surface area contributed by atoms with Crippen LogP contribution in [0.1, 0.15) is 24.2 Å². The number of aromatic nitrogens is 6. The molecule has 4 rings (SSSR count). The van der Waals surface area contributed by atoms with Gasteiger partial charge in [0.25, 0.3) is 0 Å². The third-order valence-electron chi connectivity index (χ3n) is 4.24. The Kier molecular flexibility index (Phi) is 4.86. The van der Waals surface area contributed by atoms with Crippen LogP contribution in [0.15, 0.2) is 61.3 Å². The van der Waals surface area contributed by atoms with E-state index in [1.165, 1.54) is 6.33 Å². The van der Waals surface area contributed by atoms with Crippen molar-refractivity contribution in [2.45, 2.75) is 25.8 Å². The van der Waals surface area contributed by atoms with E-state index in [2.05, 4.69) is 25.6 Å². The fraction of sp³-hybridized carbons (Fsp3) is 0.211. The van der Waals surface area contributed by atoms with Crippen LogP contribution in [-0.4, -0.2) is 35.3 Å². The van der Waals surface area contributed by atoms with Crippen LogP contribution >= 0.6 is 0 Å². The second-order valence-corrected chi connectivity index (χ2v) is 6.24. The Morgan fingerprint density at radius 1 is 1.07 bits per heavy atom. The molecule has 0 saturated carbocycles. The number of pyridine rings is 1. The molecule has 0 unspecified atom stereocenters. The number of fused-ring (bicyclic) bond motifs is 1. The third kappa shape index (κ3) is 4.17. The van der Waals surface area contributed by atoms with Gasteiger partial charge in [-0.1, -0.05) is 18.2 Å². The molecule has 27 heavy (non-hydrogen) atoms. The van der Waals surface area contributed by atoms with Gasteiger partial charge in [0.15, 0.2) is 5.65 Å². The van der Waals surface area contributed by atoms with Gasteiger partial charge in [-0.15, -0.1) is 10.2 Å². The molecule has 8 nitrogen and oxygen atoms in total. The van der Waals surface area contributed by atoms with Crippen molar-refractivity contribution in [1.29, 1.82) is 0 Å². The van der Waals surface area contributed by atoms with E-state index in [9.17, 15) is 4.79 Å². The second-order valence-electron chi connectivity index (χ2n) is 6.24. The fourth-order valence-electron chi connectivity index (χ4n) is 2.89. The molecule has 0 saturated heterocycles. The van der Waals surface area contributed by atoms with Gasteiger partial charge in [0.1, 0.15) is 18.5 Å². The number of hydrogen-bond acceptors (Lipinski definition) is 5. The maximum absolute atomic E-state index is 12.2. The Balaban J connectivity index is 1.26. The number of carbonyl (C=O) groups is 1. The molecule has 0 spiro atoms. The van der Waals surface area contributed by atoms with Crippen LogP contribution in [0.2, 0.25) is 0 Å². The first-order valence-electron chi connectivity index (χ1n) is 8.78. The zero-order chi connectivity index (χ0) is 18.5. The SMILES string of the molecule is O=C(CCCc1nnc2ccccn12)Nc1ccc(Cn2cncn2)cc1. The van der Waals surface area contributed by atoms with E-state index in [4.69, 9.17) is 0 Å². The molecule has 0 fully saturated rings. The summed E-state index contributed by atoms with van der Waals surface area (Å²) in [6, 6.07) is 13.5. The van der Waals surface area contributed by atoms with Crippen LogP contribution in [-0.2, 0) is 17.8 Å². The molecule has 3 heterocycles. The molecule has 3 aromatic heterocycles. The van der Waals surface area contributed by atoms with E-state index < -0.39 is 0 Å². The predicted octanol–water partition coefficient (Wildman–Crippen LogP) is 2.33. The zero-order valence-corrected chi connectivity index (χ0v) is 14.7. The van der Waals surface area contributed by atoms with E-state index in [1.54, 1.807) is 11.0 Å². The Hall–Kier alpha value is -3.55. The topological polar surface area (TPSA) is 90.0 Å². The minimum atomic E-state index is -0.00662. The molecule has 0 aliphatic carbocycles. The molecule has 8 heteroatoms. The van der Waals surface area contributed by atoms with Crippen molar-refractivity contribution in [3.05, 3.63) is 72.7 Å². The number of aryl methyl sites for hydroxylation is 1. The molecule has 136 valence electrons. The molecule has 1 N–H and O–H groups in total. The van der Waals surface area contributed by atoms with Crippen LogP contribution < -0.4 is 5.32 Å². The number of amides is 1. The lowest BCUT2D eigenvalue weighted by Crippen LogP contribution is -2.12. The summed E-state index contributed by atoms with van der Waals surface area (Å²) in [7, 11) is 0. The van der Waals surface area contributed by atoms with Crippen LogP contribution in [0, 0.1) is 0 Å². The van der Waals surface area contributed by atoms with Crippen molar-refractivity contribution < 1.29 is 4.79 Å². The normalized spacial score (nSPS) is 11.0. The molecule has 1 amide bonds. The predicted molar refractivity (Wildman–Crippen MR) is 100 cm³/mol. The van der Waals surface area contributed by atoms with Gasteiger partial charge in [-0.25, -0.2) is 9.67 Å². The van der Waals surface area contributed by atoms with Crippen LogP contribution in [0.5, 0.6) is 0 Å². The van der Waals surface area contributed by atoms with Crippen molar-refractivity contribution in [1.82, 2.24) is 29.4 Å². The highest BCUT2D eigenvalue weighted by molar-refractivity contribution is 5.90. The summed E-state index contributed by atoms with van der Waals surface area (Å²) in [4.78, 5) is 16.1. The molecule has 0 aliphatic rings. The molecule has 0 bridgehead atoms. The van der Waals surface area contributed by atoms with Gasteiger partial charge in [0.2, 0.25) is 5.91 Å². The molecule has 0 aliphatic heterocycles. The summed E-state index contributed by atoms with van der Waals surface area (Å²) in [5, 5.41) is 15.3. The lowest BCUT2D eigenvalue weighted by Gasteiger charge is -2.07. The number of carbonyl (C=O) groups excluding carboxylic acids is 1. The lowest BCUT2D eigenvalue weighted by molar-refractivity contribution is -0.116. The molecular weight excluding hydrogens is 342 g/mol. The number of rotatable bonds is 7. The number of nitrogens with one attached hydrogen (secondary N) is 1. The quantitative estimate of drug-likeness (QED) is 0.546. The first-order valence-corrected chi connectivity index (χ1v) is 8.78. The van der Waals surface area contributed by atoms with Gasteiger partial charge in [0, 0.05) is 24.7 Å². The Morgan fingerprint density at radius 2 is 1.96 bits per heavy atom. The standard InChI is InChI=1S/C19H19N7O/c27-19(6-3-5-18-24-23-17-4-1-2-11-26(17)18)22-16-9-7-15(8-10-16)12-25-14-20-13-21-25/h1-2,4,7-11,13-14H,3,5-6,12H2,(H,22,27). The highest BCUT2D eigenvalue weighted by Crippen LogP contribution is 2.12. The Labute approximate surface area is 155 Å². The summed E-state index contributed by atoms with van der Waals surface area (Å²) < 4.78 is 3.70. The van der Waals surface area contributed by atoms with Crippen LogP contribution in [0.4, 0.5) is 5.69 Å². The molecule has 1 aromatic carbocycles. The summed E-state index contributed by atoms with van der Waals surface area (Å²) in [6.45, 7) is 0.653. The molecule has 4 aromatic rings. The Morgan fingerprint density at radius 3 is 2.78 bits per heavy atom. The minimum Gasteiger partial charge on any atom is -0.326 e. The van der Waals surface area contributed by atoms with E-state index in [0.717, 1.165) is 22.7 Å². The van der Waals surface area contributed by atoms with E-state index in [1.807, 2.05) is 53.1 Å². The van der Waals surface area contributed by atoms with E-state index in [0.29, 0.717) is 25.8 Å². The lowest BCUT2D eigenvalue weighted by atomic mass is 10.2. The average Bonchev–Trinajstić information content (AvgIpc) is 3.34. The zero-order valence-electron chi connectivity index (χ0n) is 14.7. The van der Waals surface area contributed by atoms with Gasteiger partial charge in [0.05, 0.1) is 6.54 Å². The first-order chi connectivity index (χ1) is 13.3. The molecule has 0 radical (unpaired) electrons. The summed E-state index contributed by atoms with van der Waals surface area (Å²) >= 11 is 0. The van der Waals surface area contributed by atoms with Crippen molar-refractivity contribution in [2.24, 2.45) is 0 Å².